The maximum absolute atomic E-state index is 14.1. The Bertz CT molecular complexity index is 1830. The molecule has 0 saturated heterocycles. The van der Waals surface area contributed by atoms with E-state index in [0.29, 0.717) is 55.4 Å². The fraction of sp³-hybridized carbons (Fsp3) is 0.192. The van der Waals surface area contributed by atoms with Crippen LogP contribution in [0.3, 0.4) is 0 Å². The van der Waals surface area contributed by atoms with Gasteiger partial charge in [0, 0.05) is 22.5 Å². The topological polar surface area (TPSA) is 104 Å². The maximum Gasteiger partial charge on any atom is 0.428 e. The summed E-state index contributed by atoms with van der Waals surface area (Å²) in [7, 11) is 3.01. The highest BCUT2D eigenvalue weighted by atomic mass is 35.5. The van der Waals surface area contributed by atoms with Crippen LogP contribution in [0.4, 0.5) is 13.2 Å². The maximum atomic E-state index is 14.1. The van der Waals surface area contributed by atoms with Crippen molar-refractivity contribution >= 4 is 50.2 Å². The van der Waals surface area contributed by atoms with Crippen molar-refractivity contribution in [3.8, 4) is 28.1 Å². The quantitative estimate of drug-likeness (QED) is 0.200. The summed E-state index contributed by atoms with van der Waals surface area (Å²) in [6.45, 7) is -0.183. The van der Waals surface area contributed by atoms with Gasteiger partial charge >= 0.3 is 6.18 Å². The van der Waals surface area contributed by atoms with E-state index in [1.807, 2.05) is 0 Å². The van der Waals surface area contributed by atoms with Crippen molar-refractivity contribution in [3.63, 3.8) is 0 Å². The molecule has 0 aliphatic heterocycles. The standard InChI is InChI=1S/C26H18ClF3N4O5S2/c1-36-16-7-19(17-9-21(39-20(17)8-16)18-10-34-23(32-18)41-24(33-34)37-2)38-11-15-12-40-22(31-15)25(35,26(28,29)30)13-3-5-14(27)6-4-13/h3-10,12,35H,11H2,1-2H3. The van der Waals surface area contributed by atoms with Crippen LogP contribution in [0.1, 0.15) is 16.3 Å². The number of hydrogen-bond donors (Lipinski definition) is 1. The van der Waals surface area contributed by atoms with Crippen LogP contribution in [0.15, 0.2) is 58.5 Å². The molecule has 15 heteroatoms. The Morgan fingerprint density at radius 1 is 1.07 bits per heavy atom. The lowest BCUT2D eigenvalue weighted by molar-refractivity contribution is -0.248. The Labute approximate surface area is 242 Å². The molecule has 0 spiro atoms. The van der Waals surface area contributed by atoms with Crippen molar-refractivity contribution in [3.05, 3.63) is 75.3 Å². The van der Waals surface area contributed by atoms with E-state index in [4.69, 9.17) is 30.2 Å². The number of furan rings is 1. The van der Waals surface area contributed by atoms with E-state index in [1.165, 1.54) is 43.1 Å². The minimum atomic E-state index is -5.04. The van der Waals surface area contributed by atoms with E-state index >= 15 is 0 Å². The predicted molar refractivity (Wildman–Crippen MR) is 146 cm³/mol. The summed E-state index contributed by atoms with van der Waals surface area (Å²) in [6, 6.07) is 9.84. The van der Waals surface area contributed by atoms with Crippen molar-refractivity contribution in [2.75, 3.05) is 14.2 Å². The molecule has 41 heavy (non-hydrogen) atoms. The molecular formula is C26H18ClF3N4O5S2. The summed E-state index contributed by atoms with van der Waals surface area (Å²) >= 11 is 7.77. The van der Waals surface area contributed by atoms with Crippen molar-refractivity contribution in [1.82, 2.24) is 19.6 Å². The van der Waals surface area contributed by atoms with Crippen LogP contribution in [0.25, 0.3) is 27.4 Å². The molecule has 2 aromatic carbocycles. The third-order valence-corrected chi connectivity index (χ3v) is 8.31. The SMILES string of the molecule is COc1cc(OCc2csc(C(O)(c3ccc(Cl)cc3)C(F)(F)F)n2)c2cc(-c3cn4nc(OC)sc4n3)oc2c1. The van der Waals surface area contributed by atoms with Crippen LogP contribution < -0.4 is 14.2 Å². The van der Waals surface area contributed by atoms with Gasteiger partial charge in [0.05, 0.1) is 31.5 Å². The van der Waals surface area contributed by atoms with Gasteiger partial charge in [-0.05, 0) is 35.1 Å². The van der Waals surface area contributed by atoms with Gasteiger partial charge in [0.15, 0.2) is 5.76 Å². The molecule has 0 bridgehead atoms. The van der Waals surface area contributed by atoms with E-state index in [9.17, 15) is 18.3 Å². The number of imidazole rings is 1. The first-order valence-corrected chi connectivity index (χ1v) is 13.8. The first-order chi connectivity index (χ1) is 19.6. The highest BCUT2D eigenvalue weighted by Gasteiger charge is 2.58. The third-order valence-electron chi connectivity index (χ3n) is 6.17. The molecule has 0 radical (unpaired) electrons. The van der Waals surface area contributed by atoms with Crippen LogP contribution >= 0.6 is 34.3 Å². The van der Waals surface area contributed by atoms with E-state index in [0.717, 1.165) is 12.1 Å². The van der Waals surface area contributed by atoms with Crippen LogP contribution in [0, 0.1) is 0 Å². The Morgan fingerprint density at radius 3 is 2.54 bits per heavy atom. The molecular weight excluding hydrogens is 605 g/mol. The largest absolute Gasteiger partial charge is 0.496 e. The van der Waals surface area contributed by atoms with E-state index in [2.05, 4.69) is 15.1 Å². The molecule has 0 aliphatic carbocycles. The molecule has 1 N–H and O–H groups in total. The molecule has 1 atom stereocenters. The lowest BCUT2D eigenvalue weighted by Crippen LogP contribution is -2.43. The number of methoxy groups -OCH3 is 2. The van der Waals surface area contributed by atoms with E-state index < -0.39 is 22.3 Å². The molecule has 6 aromatic rings. The summed E-state index contributed by atoms with van der Waals surface area (Å²) in [4.78, 5) is 9.22. The number of benzene rings is 2. The molecule has 0 fully saturated rings. The van der Waals surface area contributed by atoms with Crippen LogP contribution in [0.2, 0.25) is 5.02 Å². The molecule has 4 heterocycles. The zero-order valence-corrected chi connectivity index (χ0v) is 23.5. The minimum absolute atomic E-state index is 0.183. The number of rotatable bonds is 8. The second-order valence-corrected chi connectivity index (χ2v) is 10.9. The number of aromatic nitrogens is 4. The molecule has 0 saturated carbocycles. The van der Waals surface area contributed by atoms with Crippen molar-refractivity contribution in [2.45, 2.75) is 18.4 Å². The molecule has 0 aliphatic rings. The normalized spacial score (nSPS) is 13.5. The molecule has 9 nitrogen and oxygen atoms in total. The number of nitrogens with zero attached hydrogens (tertiary/aromatic N) is 4. The van der Waals surface area contributed by atoms with Crippen molar-refractivity contribution in [1.29, 1.82) is 0 Å². The lowest BCUT2D eigenvalue weighted by atomic mass is 9.94. The first kappa shape index (κ1) is 27.3. The second-order valence-electron chi connectivity index (χ2n) is 8.72. The van der Waals surface area contributed by atoms with Crippen molar-refractivity contribution in [2.24, 2.45) is 0 Å². The number of halogens is 4. The third kappa shape index (κ3) is 4.86. The van der Waals surface area contributed by atoms with Gasteiger partial charge in [-0.2, -0.15) is 13.2 Å². The highest BCUT2D eigenvalue weighted by Crippen LogP contribution is 2.45. The van der Waals surface area contributed by atoms with Gasteiger partial charge in [0.25, 0.3) is 5.19 Å². The van der Waals surface area contributed by atoms with Gasteiger partial charge in [-0.1, -0.05) is 23.7 Å². The molecule has 1 unspecified atom stereocenters. The number of thiazole rings is 1. The summed E-state index contributed by atoms with van der Waals surface area (Å²) in [5.74, 6) is 1.25. The lowest BCUT2D eigenvalue weighted by Gasteiger charge is -2.29. The fourth-order valence-electron chi connectivity index (χ4n) is 4.12. The average Bonchev–Trinajstić information content (AvgIpc) is 3.73. The van der Waals surface area contributed by atoms with Crippen LogP contribution in [-0.2, 0) is 12.2 Å². The van der Waals surface area contributed by atoms with Crippen LogP contribution in [-0.4, -0.2) is 45.1 Å². The number of ether oxygens (including phenoxy) is 3. The number of aliphatic hydroxyl groups is 1. The van der Waals surface area contributed by atoms with Gasteiger partial charge in [-0.3, -0.25) is 0 Å². The summed E-state index contributed by atoms with van der Waals surface area (Å²) in [5, 5.41) is 17.3. The van der Waals surface area contributed by atoms with Gasteiger partial charge in [-0.15, -0.1) is 16.4 Å². The monoisotopic (exact) mass is 622 g/mol. The van der Waals surface area contributed by atoms with Gasteiger partial charge in [0.2, 0.25) is 10.6 Å². The number of fused-ring (bicyclic) bond motifs is 2. The van der Waals surface area contributed by atoms with E-state index in [1.54, 1.807) is 28.9 Å². The van der Waals surface area contributed by atoms with Gasteiger partial charge < -0.3 is 23.7 Å². The number of hydrogen-bond acceptors (Lipinski definition) is 10. The van der Waals surface area contributed by atoms with Crippen molar-refractivity contribution < 1.29 is 36.9 Å². The minimum Gasteiger partial charge on any atom is -0.496 e. The molecule has 212 valence electrons. The Balaban J connectivity index is 1.29. The molecule has 0 amide bonds. The Morgan fingerprint density at radius 2 is 1.85 bits per heavy atom. The highest BCUT2D eigenvalue weighted by molar-refractivity contribution is 7.18. The second kappa shape index (κ2) is 10.2. The fourth-order valence-corrected chi connectivity index (χ4v) is 5.89. The zero-order chi connectivity index (χ0) is 28.9. The van der Waals surface area contributed by atoms with Gasteiger partial charge in [-0.25, -0.2) is 14.5 Å². The molecule has 6 rings (SSSR count). The number of alkyl halides is 3. The smallest absolute Gasteiger partial charge is 0.428 e. The average molecular weight is 623 g/mol. The Kier molecular flexibility index (Phi) is 6.80. The first-order valence-electron chi connectivity index (χ1n) is 11.7. The Hall–Kier alpha value is -3.85. The van der Waals surface area contributed by atoms with E-state index in [-0.39, 0.29) is 17.3 Å². The molecule has 4 aromatic heterocycles. The summed E-state index contributed by atoms with van der Waals surface area (Å²) < 4.78 is 66.5. The van der Waals surface area contributed by atoms with Gasteiger partial charge in [0.1, 0.15) is 34.4 Å². The zero-order valence-electron chi connectivity index (χ0n) is 21.1. The summed E-state index contributed by atoms with van der Waals surface area (Å²) in [6.07, 6.45) is -3.34. The summed E-state index contributed by atoms with van der Waals surface area (Å²) in [5.41, 5.74) is -2.55. The van der Waals surface area contributed by atoms with Crippen LogP contribution in [0.5, 0.6) is 16.7 Å². The predicted octanol–water partition coefficient (Wildman–Crippen LogP) is 6.71.